The van der Waals surface area contributed by atoms with Gasteiger partial charge in [0, 0.05) is 0 Å². The Morgan fingerprint density at radius 2 is 1.86 bits per heavy atom. The molecule has 0 aliphatic rings. The van der Waals surface area contributed by atoms with Crippen molar-refractivity contribution >= 4 is 16.2 Å². The van der Waals surface area contributed by atoms with Gasteiger partial charge in [0.05, 0.1) is 6.26 Å². The average Bonchev–Trinajstić information content (AvgIpc) is 2.03. The van der Waals surface area contributed by atoms with E-state index in [1.165, 1.54) is 0 Å². The molecule has 0 N–H and O–H groups in total. The molecular formula is C9H11NaO3S. The van der Waals surface area contributed by atoms with Crippen molar-refractivity contribution < 1.29 is 43.6 Å². The third-order valence-corrected chi connectivity index (χ3v) is 1.86. The summed E-state index contributed by atoms with van der Waals surface area (Å²) in [7, 11) is -3.42. The SMILES string of the molecule is C=Cc1ccc(OS(C)(=O)=O)cc1.[H-].[Na+]. The maximum atomic E-state index is 10.7. The molecule has 3 nitrogen and oxygen atoms in total. The fourth-order valence-electron chi connectivity index (χ4n) is 0.834. The minimum absolute atomic E-state index is 0. The third-order valence-electron chi connectivity index (χ3n) is 1.36. The van der Waals surface area contributed by atoms with Gasteiger partial charge in [0.15, 0.2) is 0 Å². The van der Waals surface area contributed by atoms with Crippen LogP contribution in [-0.4, -0.2) is 14.7 Å². The van der Waals surface area contributed by atoms with Crippen molar-refractivity contribution in [2.24, 2.45) is 0 Å². The molecule has 0 aromatic heterocycles. The number of rotatable bonds is 3. The van der Waals surface area contributed by atoms with Crippen LogP contribution >= 0.6 is 0 Å². The Bertz CT molecular complexity index is 400. The van der Waals surface area contributed by atoms with Crippen molar-refractivity contribution in [1.29, 1.82) is 0 Å². The first kappa shape index (κ1) is 13.7. The van der Waals surface area contributed by atoms with Crippen LogP contribution < -0.4 is 33.7 Å². The quantitative estimate of drug-likeness (QED) is 0.476. The second-order valence-corrected chi connectivity index (χ2v) is 4.14. The largest absolute Gasteiger partial charge is 1.00 e. The molecule has 0 aliphatic carbocycles. The molecule has 0 bridgehead atoms. The van der Waals surface area contributed by atoms with Gasteiger partial charge in [0.1, 0.15) is 5.75 Å². The third kappa shape index (κ3) is 4.81. The Hall–Kier alpha value is -0.290. The summed E-state index contributed by atoms with van der Waals surface area (Å²) in [4.78, 5) is 0. The van der Waals surface area contributed by atoms with Gasteiger partial charge < -0.3 is 5.61 Å². The van der Waals surface area contributed by atoms with Crippen LogP contribution in [0.2, 0.25) is 0 Å². The summed E-state index contributed by atoms with van der Waals surface area (Å²) in [5, 5.41) is 0. The molecule has 0 unspecified atom stereocenters. The second kappa shape index (κ2) is 5.56. The summed E-state index contributed by atoms with van der Waals surface area (Å²) in [6.07, 6.45) is 2.68. The van der Waals surface area contributed by atoms with Gasteiger partial charge in [-0.1, -0.05) is 24.8 Å². The van der Waals surface area contributed by atoms with Gasteiger partial charge >= 0.3 is 39.7 Å². The van der Waals surface area contributed by atoms with Crippen molar-refractivity contribution in [2.75, 3.05) is 6.26 Å². The van der Waals surface area contributed by atoms with Gasteiger partial charge in [-0.05, 0) is 17.7 Å². The summed E-state index contributed by atoms with van der Waals surface area (Å²) >= 11 is 0. The maximum Gasteiger partial charge on any atom is 1.00 e. The smallest absolute Gasteiger partial charge is 1.00 e. The molecule has 1 aromatic carbocycles. The van der Waals surface area contributed by atoms with E-state index < -0.39 is 10.1 Å². The monoisotopic (exact) mass is 222 g/mol. The van der Waals surface area contributed by atoms with Crippen LogP contribution in [0.3, 0.4) is 0 Å². The first-order valence-corrected chi connectivity index (χ1v) is 5.45. The number of hydrogen-bond acceptors (Lipinski definition) is 3. The molecule has 0 radical (unpaired) electrons. The fraction of sp³-hybridized carbons (Fsp3) is 0.111. The van der Waals surface area contributed by atoms with Crippen molar-refractivity contribution in [1.82, 2.24) is 0 Å². The second-order valence-electron chi connectivity index (χ2n) is 2.56. The first-order valence-electron chi connectivity index (χ1n) is 3.63. The molecule has 72 valence electrons. The molecule has 0 saturated carbocycles. The van der Waals surface area contributed by atoms with Gasteiger partial charge in [-0.25, -0.2) is 0 Å². The molecule has 0 amide bonds. The molecule has 5 heteroatoms. The standard InChI is InChI=1S/C9H10O3S.Na.H/c1-3-8-4-6-9(7-5-8)12-13(2,10)11;;/h3-7H,1H2,2H3;;/q;+1;-1. The topological polar surface area (TPSA) is 43.4 Å². The average molecular weight is 222 g/mol. The number of benzene rings is 1. The molecule has 0 atom stereocenters. The fourth-order valence-corrected chi connectivity index (χ4v) is 1.29. The maximum absolute atomic E-state index is 10.7. The van der Waals surface area contributed by atoms with E-state index in [9.17, 15) is 8.42 Å². The number of hydrogen-bond donors (Lipinski definition) is 0. The van der Waals surface area contributed by atoms with Crippen LogP contribution in [0.1, 0.15) is 6.99 Å². The van der Waals surface area contributed by atoms with Crippen LogP contribution in [0.15, 0.2) is 30.8 Å². The molecule has 14 heavy (non-hydrogen) atoms. The van der Waals surface area contributed by atoms with Crippen molar-refractivity contribution in [2.45, 2.75) is 0 Å². The van der Waals surface area contributed by atoms with Crippen LogP contribution in [0.4, 0.5) is 0 Å². The predicted molar refractivity (Wildman–Crippen MR) is 53.1 cm³/mol. The summed E-state index contributed by atoms with van der Waals surface area (Å²) in [5.41, 5.74) is 0.917. The van der Waals surface area contributed by atoms with E-state index in [-0.39, 0.29) is 31.0 Å². The Labute approximate surface area is 108 Å². The molecule has 0 heterocycles. The predicted octanol–water partition coefficient (Wildman–Crippen LogP) is -1.22. The van der Waals surface area contributed by atoms with Gasteiger partial charge in [-0.2, -0.15) is 8.42 Å². The Kier molecular flexibility index (Phi) is 5.44. The normalized spacial score (nSPS) is 10.1. The van der Waals surface area contributed by atoms with E-state index in [4.69, 9.17) is 0 Å². The Morgan fingerprint density at radius 1 is 1.36 bits per heavy atom. The summed E-state index contributed by atoms with van der Waals surface area (Å²) in [6, 6.07) is 6.62. The van der Waals surface area contributed by atoms with Gasteiger partial charge in [0.2, 0.25) is 0 Å². The van der Waals surface area contributed by atoms with E-state index in [2.05, 4.69) is 10.8 Å². The van der Waals surface area contributed by atoms with Crippen LogP contribution in [-0.2, 0) is 10.1 Å². The molecule has 1 rings (SSSR count). The molecule has 0 fully saturated rings. The molecular weight excluding hydrogens is 211 g/mol. The molecule has 1 aromatic rings. The van der Waals surface area contributed by atoms with E-state index in [1.54, 1.807) is 30.3 Å². The minimum atomic E-state index is -3.42. The van der Waals surface area contributed by atoms with E-state index in [0.29, 0.717) is 5.75 Å². The van der Waals surface area contributed by atoms with Crippen molar-refractivity contribution in [3.8, 4) is 5.75 Å². The molecule has 0 saturated heterocycles. The zero-order valence-electron chi connectivity index (χ0n) is 9.23. The van der Waals surface area contributed by atoms with Crippen molar-refractivity contribution in [3.05, 3.63) is 36.4 Å². The first-order chi connectivity index (χ1) is 6.01. The van der Waals surface area contributed by atoms with Crippen molar-refractivity contribution in [3.63, 3.8) is 0 Å². The minimum Gasteiger partial charge on any atom is -1.00 e. The van der Waals surface area contributed by atoms with Crippen LogP contribution in [0.5, 0.6) is 5.75 Å². The van der Waals surface area contributed by atoms with Gasteiger partial charge in [-0.3, -0.25) is 0 Å². The van der Waals surface area contributed by atoms with E-state index in [1.807, 2.05) is 0 Å². The summed E-state index contributed by atoms with van der Waals surface area (Å²) < 4.78 is 26.1. The Morgan fingerprint density at radius 3 is 2.21 bits per heavy atom. The summed E-state index contributed by atoms with van der Waals surface area (Å²) in [6.45, 7) is 3.58. The Balaban J connectivity index is 0. The molecule has 0 aliphatic heterocycles. The molecule has 0 spiro atoms. The zero-order valence-corrected chi connectivity index (χ0v) is 11.0. The van der Waals surface area contributed by atoms with E-state index in [0.717, 1.165) is 11.8 Å². The summed E-state index contributed by atoms with van der Waals surface area (Å²) in [5.74, 6) is 0.313. The zero-order chi connectivity index (χ0) is 9.90. The van der Waals surface area contributed by atoms with Crippen LogP contribution in [0.25, 0.3) is 6.08 Å². The van der Waals surface area contributed by atoms with Gasteiger partial charge in [-0.15, -0.1) is 0 Å². The van der Waals surface area contributed by atoms with E-state index >= 15 is 0 Å². The van der Waals surface area contributed by atoms with Gasteiger partial charge in [0.25, 0.3) is 0 Å². The van der Waals surface area contributed by atoms with Crippen LogP contribution in [0, 0.1) is 0 Å².